The molecule has 1 heterocycles. The molecule has 0 radical (unpaired) electrons. The molecule has 4 aromatic rings. The minimum Gasteiger partial charge on any atom is -0.449 e. The van der Waals surface area contributed by atoms with Crippen LogP contribution in [0.15, 0.2) is 103 Å². The van der Waals surface area contributed by atoms with Crippen LogP contribution in [0.1, 0.15) is 13.8 Å². The molecule has 4 aromatic carbocycles. The smallest absolute Gasteiger partial charge is 0.246 e. The summed E-state index contributed by atoms with van der Waals surface area (Å²) in [6.07, 6.45) is 0. The lowest BCUT2D eigenvalue weighted by Crippen LogP contribution is -2.29. The van der Waals surface area contributed by atoms with Crippen LogP contribution in [0.2, 0.25) is 0 Å². The molecule has 30 heavy (non-hydrogen) atoms. The average molecular weight is 393 g/mol. The van der Waals surface area contributed by atoms with Gasteiger partial charge >= 0.3 is 0 Å². The minimum absolute atomic E-state index is 0.625. The van der Waals surface area contributed by atoms with Crippen molar-refractivity contribution in [3.8, 4) is 22.6 Å². The number of anilines is 3. The zero-order valence-corrected chi connectivity index (χ0v) is 17.1. The van der Waals surface area contributed by atoms with Crippen LogP contribution in [-0.4, -0.2) is 5.79 Å². The second kappa shape index (κ2) is 7.27. The van der Waals surface area contributed by atoms with Crippen molar-refractivity contribution < 1.29 is 9.47 Å². The average Bonchev–Trinajstić information content (AvgIpc) is 3.09. The van der Waals surface area contributed by atoms with Crippen LogP contribution in [-0.2, 0) is 0 Å². The van der Waals surface area contributed by atoms with Gasteiger partial charge in [0.25, 0.3) is 0 Å². The predicted molar refractivity (Wildman–Crippen MR) is 122 cm³/mol. The third-order valence-corrected chi connectivity index (χ3v) is 5.12. The fraction of sp³-hybridized carbons (Fsp3) is 0.111. The minimum atomic E-state index is -0.625. The number of para-hydroxylation sites is 2. The van der Waals surface area contributed by atoms with Gasteiger partial charge in [-0.1, -0.05) is 54.6 Å². The predicted octanol–water partition coefficient (Wildman–Crippen LogP) is 7.33. The molecule has 0 aliphatic carbocycles. The Bertz CT molecular complexity index is 1130. The summed E-state index contributed by atoms with van der Waals surface area (Å²) in [4.78, 5) is 2.26. The third kappa shape index (κ3) is 3.50. The lowest BCUT2D eigenvalue weighted by atomic mass is 10.0. The zero-order chi connectivity index (χ0) is 20.6. The maximum atomic E-state index is 5.94. The van der Waals surface area contributed by atoms with E-state index in [0.29, 0.717) is 0 Å². The first-order chi connectivity index (χ1) is 14.6. The van der Waals surface area contributed by atoms with Gasteiger partial charge in [-0.3, -0.25) is 0 Å². The summed E-state index contributed by atoms with van der Waals surface area (Å²) in [5.41, 5.74) is 5.56. The summed E-state index contributed by atoms with van der Waals surface area (Å²) in [5, 5.41) is 0. The van der Waals surface area contributed by atoms with Crippen LogP contribution in [0.3, 0.4) is 0 Å². The Hall–Kier alpha value is -3.72. The highest BCUT2D eigenvalue weighted by atomic mass is 16.7. The van der Waals surface area contributed by atoms with Gasteiger partial charge < -0.3 is 14.4 Å². The summed E-state index contributed by atoms with van der Waals surface area (Å²) in [6, 6.07) is 35.5. The summed E-state index contributed by atoms with van der Waals surface area (Å²) >= 11 is 0. The summed E-state index contributed by atoms with van der Waals surface area (Å²) in [7, 11) is 0. The Morgan fingerprint density at radius 3 is 1.77 bits per heavy atom. The molecule has 148 valence electrons. The van der Waals surface area contributed by atoms with E-state index in [0.717, 1.165) is 39.7 Å². The van der Waals surface area contributed by atoms with Gasteiger partial charge in [-0.05, 0) is 59.7 Å². The van der Waals surface area contributed by atoms with E-state index in [1.807, 2.05) is 32.0 Å². The normalized spacial score (nSPS) is 13.8. The van der Waals surface area contributed by atoms with Gasteiger partial charge in [0.1, 0.15) is 0 Å². The van der Waals surface area contributed by atoms with Gasteiger partial charge in [-0.25, -0.2) is 0 Å². The van der Waals surface area contributed by atoms with E-state index in [2.05, 4.69) is 89.8 Å². The van der Waals surface area contributed by atoms with Crippen LogP contribution in [0.4, 0.5) is 17.1 Å². The van der Waals surface area contributed by atoms with Crippen molar-refractivity contribution in [2.75, 3.05) is 4.90 Å². The molecule has 0 unspecified atom stereocenters. The van der Waals surface area contributed by atoms with Crippen molar-refractivity contribution in [3.05, 3.63) is 103 Å². The highest BCUT2D eigenvalue weighted by molar-refractivity contribution is 5.80. The van der Waals surface area contributed by atoms with Crippen LogP contribution >= 0.6 is 0 Å². The first kappa shape index (κ1) is 18.3. The summed E-state index contributed by atoms with van der Waals surface area (Å²) in [5.74, 6) is 0.946. The van der Waals surface area contributed by atoms with Gasteiger partial charge in [0, 0.05) is 30.9 Å². The molecule has 1 aliphatic heterocycles. The van der Waals surface area contributed by atoms with Crippen LogP contribution < -0.4 is 14.4 Å². The van der Waals surface area contributed by atoms with Gasteiger partial charge in [0.15, 0.2) is 11.5 Å². The van der Waals surface area contributed by atoms with Gasteiger partial charge in [-0.15, -0.1) is 0 Å². The first-order valence-electron chi connectivity index (χ1n) is 10.1. The Morgan fingerprint density at radius 2 is 1.10 bits per heavy atom. The molecule has 0 aromatic heterocycles. The molecule has 3 nitrogen and oxygen atoms in total. The Morgan fingerprint density at radius 1 is 0.533 bits per heavy atom. The molecule has 3 heteroatoms. The van der Waals surface area contributed by atoms with E-state index >= 15 is 0 Å². The van der Waals surface area contributed by atoms with Crippen molar-refractivity contribution in [2.45, 2.75) is 19.6 Å². The van der Waals surface area contributed by atoms with E-state index in [1.54, 1.807) is 0 Å². The Kier molecular flexibility index (Phi) is 4.44. The fourth-order valence-electron chi connectivity index (χ4n) is 3.83. The SMILES string of the molecule is CC1(C)Oc2ccc(-c3cccc(N(c4ccccc4)c4ccccc4)c3)cc2O1. The van der Waals surface area contributed by atoms with Crippen LogP contribution in [0.25, 0.3) is 11.1 Å². The lowest BCUT2D eigenvalue weighted by molar-refractivity contribution is -0.0431. The molecule has 1 aliphatic rings. The van der Waals surface area contributed by atoms with E-state index in [1.165, 1.54) is 0 Å². The first-order valence-corrected chi connectivity index (χ1v) is 10.1. The number of rotatable bonds is 4. The number of ether oxygens (including phenoxy) is 2. The quantitative estimate of drug-likeness (QED) is 0.362. The van der Waals surface area contributed by atoms with Crippen molar-refractivity contribution >= 4 is 17.1 Å². The molecule has 0 amide bonds. The lowest BCUT2D eigenvalue weighted by Gasteiger charge is -2.25. The van der Waals surface area contributed by atoms with E-state index in [-0.39, 0.29) is 0 Å². The largest absolute Gasteiger partial charge is 0.449 e. The van der Waals surface area contributed by atoms with Crippen molar-refractivity contribution in [3.63, 3.8) is 0 Å². The maximum absolute atomic E-state index is 5.94. The molecule has 0 N–H and O–H groups in total. The van der Waals surface area contributed by atoms with Crippen molar-refractivity contribution in [2.24, 2.45) is 0 Å². The number of hydrogen-bond acceptors (Lipinski definition) is 3. The molecule has 5 rings (SSSR count). The topological polar surface area (TPSA) is 21.7 Å². The standard InChI is InChI=1S/C27H23NO2/c1-27(2)29-25-17-16-21(19-26(25)30-27)20-10-9-15-24(18-20)28(22-11-5-3-6-12-22)23-13-7-4-8-14-23/h3-19H,1-2H3. The van der Waals surface area contributed by atoms with Crippen molar-refractivity contribution in [1.82, 2.24) is 0 Å². The second-order valence-corrected chi connectivity index (χ2v) is 7.82. The van der Waals surface area contributed by atoms with Gasteiger partial charge in [0.2, 0.25) is 5.79 Å². The van der Waals surface area contributed by atoms with Crippen molar-refractivity contribution in [1.29, 1.82) is 0 Å². The molecule has 0 saturated carbocycles. The molecular formula is C27H23NO2. The molecule has 0 bridgehead atoms. The van der Waals surface area contributed by atoms with Gasteiger partial charge in [0.05, 0.1) is 0 Å². The Balaban J connectivity index is 1.57. The zero-order valence-electron chi connectivity index (χ0n) is 17.1. The molecule has 0 saturated heterocycles. The molecule has 0 spiro atoms. The molecule has 0 fully saturated rings. The highest BCUT2D eigenvalue weighted by Crippen LogP contribution is 2.42. The monoisotopic (exact) mass is 393 g/mol. The van der Waals surface area contributed by atoms with Crippen LogP contribution in [0, 0.1) is 0 Å². The van der Waals surface area contributed by atoms with Gasteiger partial charge in [-0.2, -0.15) is 0 Å². The van der Waals surface area contributed by atoms with E-state index in [4.69, 9.17) is 9.47 Å². The maximum Gasteiger partial charge on any atom is 0.246 e. The number of fused-ring (bicyclic) bond motifs is 1. The van der Waals surface area contributed by atoms with Crippen LogP contribution in [0.5, 0.6) is 11.5 Å². The second-order valence-electron chi connectivity index (χ2n) is 7.82. The van der Waals surface area contributed by atoms with E-state index in [9.17, 15) is 0 Å². The van der Waals surface area contributed by atoms with E-state index < -0.39 is 5.79 Å². The third-order valence-electron chi connectivity index (χ3n) is 5.12. The highest BCUT2D eigenvalue weighted by Gasteiger charge is 2.31. The summed E-state index contributed by atoms with van der Waals surface area (Å²) in [6.45, 7) is 3.84. The summed E-state index contributed by atoms with van der Waals surface area (Å²) < 4.78 is 11.8. The Labute approximate surface area is 177 Å². The molecular weight excluding hydrogens is 370 g/mol. The number of nitrogens with zero attached hydrogens (tertiary/aromatic N) is 1. The number of hydrogen-bond donors (Lipinski definition) is 0. The fourth-order valence-corrected chi connectivity index (χ4v) is 3.83. The number of benzene rings is 4. The molecule has 0 atom stereocenters.